The van der Waals surface area contributed by atoms with E-state index in [1.165, 1.54) is 10.4 Å². The van der Waals surface area contributed by atoms with Crippen molar-refractivity contribution in [1.29, 1.82) is 0 Å². The number of sulfonamides is 1. The maximum absolute atomic E-state index is 13.3. The van der Waals surface area contributed by atoms with E-state index >= 15 is 0 Å². The third-order valence-electron chi connectivity index (χ3n) is 4.47. The van der Waals surface area contributed by atoms with Crippen LogP contribution < -0.4 is 0 Å². The summed E-state index contributed by atoms with van der Waals surface area (Å²) in [6.07, 6.45) is 1.67. The summed E-state index contributed by atoms with van der Waals surface area (Å²) in [7, 11) is -3.77. The number of aryl methyl sites for hydroxylation is 2. The molecule has 0 spiro atoms. The number of hydrogen-bond acceptors (Lipinski definition) is 3. The molecule has 3 rings (SSSR count). The first-order valence-electron chi connectivity index (χ1n) is 8.21. The predicted molar refractivity (Wildman–Crippen MR) is 95.1 cm³/mol. The quantitative estimate of drug-likeness (QED) is 0.858. The highest BCUT2D eigenvalue weighted by Gasteiger charge is 2.39. The van der Waals surface area contributed by atoms with Crippen molar-refractivity contribution in [2.75, 3.05) is 0 Å². The lowest BCUT2D eigenvalue weighted by Crippen LogP contribution is -2.33. The van der Waals surface area contributed by atoms with Gasteiger partial charge in [-0.05, 0) is 49.4 Å². The number of rotatable bonds is 6. The van der Waals surface area contributed by atoms with Crippen LogP contribution in [-0.2, 0) is 16.6 Å². The molecule has 1 fully saturated rings. The fraction of sp³-hybridized carbons (Fsp3) is 0.316. The maximum atomic E-state index is 13.3. The second-order valence-corrected chi connectivity index (χ2v) is 8.36. The van der Waals surface area contributed by atoms with E-state index in [9.17, 15) is 18.3 Å². The molecule has 132 valence electrons. The Morgan fingerprint density at radius 1 is 1.12 bits per heavy atom. The summed E-state index contributed by atoms with van der Waals surface area (Å²) in [5.41, 5.74) is 2.08. The van der Waals surface area contributed by atoms with Gasteiger partial charge >= 0.3 is 5.97 Å². The lowest BCUT2D eigenvalue weighted by molar-refractivity contribution is 0.0696. The standard InChI is InChI=1S/C19H21NO4S/c1-13-10-14(2)18(11-17(13)19(21)22)25(23,24)20(16-8-9-16)12-15-6-4-3-5-7-15/h3-7,10-11,16H,8-9,12H2,1-2H3,(H,21,22). The smallest absolute Gasteiger partial charge is 0.335 e. The Hall–Kier alpha value is -2.18. The van der Waals surface area contributed by atoms with Crippen LogP contribution >= 0.6 is 0 Å². The van der Waals surface area contributed by atoms with Crippen LogP contribution in [0.4, 0.5) is 0 Å². The molecule has 0 aromatic heterocycles. The van der Waals surface area contributed by atoms with Gasteiger partial charge in [0.1, 0.15) is 0 Å². The summed E-state index contributed by atoms with van der Waals surface area (Å²) in [6.45, 7) is 3.68. The van der Waals surface area contributed by atoms with Gasteiger partial charge < -0.3 is 5.11 Å². The number of aromatic carboxylic acids is 1. The monoisotopic (exact) mass is 359 g/mol. The van der Waals surface area contributed by atoms with Crippen LogP contribution in [0.5, 0.6) is 0 Å². The first-order chi connectivity index (χ1) is 11.8. The van der Waals surface area contributed by atoms with Gasteiger partial charge in [-0.15, -0.1) is 0 Å². The van der Waals surface area contributed by atoms with Crippen molar-refractivity contribution in [1.82, 2.24) is 4.31 Å². The largest absolute Gasteiger partial charge is 0.478 e. The lowest BCUT2D eigenvalue weighted by Gasteiger charge is -2.23. The van der Waals surface area contributed by atoms with Gasteiger partial charge in [-0.2, -0.15) is 4.31 Å². The number of hydrogen-bond donors (Lipinski definition) is 1. The SMILES string of the molecule is Cc1cc(C)c(S(=O)(=O)N(Cc2ccccc2)C2CC2)cc1C(=O)O. The molecule has 0 heterocycles. The van der Waals surface area contributed by atoms with Crippen molar-refractivity contribution in [3.05, 3.63) is 64.7 Å². The van der Waals surface area contributed by atoms with Gasteiger partial charge in [-0.3, -0.25) is 0 Å². The van der Waals surface area contributed by atoms with Gasteiger partial charge in [0.25, 0.3) is 0 Å². The van der Waals surface area contributed by atoms with Gasteiger partial charge in [0.2, 0.25) is 10.0 Å². The molecule has 1 aliphatic rings. The summed E-state index contributed by atoms with van der Waals surface area (Å²) < 4.78 is 28.0. The summed E-state index contributed by atoms with van der Waals surface area (Å²) >= 11 is 0. The van der Waals surface area contributed by atoms with E-state index in [-0.39, 0.29) is 16.5 Å². The van der Waals surface area contributed by atoms with E-state index in [0.717, 1.165) is 18.4 Å². The number of carbonyl (C=O) groups is 1. The highest BCUT2D eigenvalue weighted by molar-refractivity contribution is 7.89. The zero-order chi connectivity index (χ0) is 18.2. The predicted octanol–water partition coefficient (Wildman–Crippen LogP) is 3.35. The molecule has 5 nitrogen and oxygen atoms in total. The third kappa shape index (κ3) is 3.60. The molecule has 0 saturated heterocycles. The molecule has 0 amide bonds. The van der Waals surface area contributed by atoms with Crippen molar-refractivity contribution < 1.29 is 18.3 Å². The first-order valence-corrected chi connectivity index (χ1v) is 9.65. The summed E-state index contributed by atoms with van der Waals surface area (Å²) in [4.78, 5) is 11.5. The second kappa shape index (κ2) is 6.61. The zero-order valence-electron chi connectivity index (χ0n) is 14.3. The van der Waals surface area contributed by atoms with Crippen LogP contribution in [0, 0.1) is 13.8 Å². The third-order valence-corrected chi connectivity index (χ3v) is 6.51. The van der Waals surface area contributed by atoms with Gasteiger partial charge in [0.15, 0.2) is 0 Å². The second-order valence-electron chi connectivity index (χ2n) is 6.50. The van der Waals surface area contributed by atoms with Crippen LogP contribution in [0.3, 0.4) is 0 Å². The Bertz CT molecular complexity index is 903. The molecule has 6 heteroatoms. The summed E-state index contributed by atoms with van der Waals surface area (Å²) in [5.74, 6) is -1.12. The van der Waals surface area contributed by atoms with E-state index < -0.39 is 16.0 Å². The van der Waals surface area contributed by atoms with Crippen LogP contribution in [-0.4, -0.2) is 29.8 Å². The minimum absolute atomic E-state index is 0.0146. The summed E-state index contributed by atoms with van der Waals surface area (Å²) in [6, 6.07) is 12.4. The average Bonchev–Trinajstić information content (AvgIpc) is 3.37. The van der Waals surface area contributed by atoms with Crippen LogP contribution in [0.1, 0.15) is 39.9 Å². The Labute approximate surface area is 148 Å². The van der Waals surface area contributed by atoms with E-state index in [0.29, 0.717) is 17.7 Å². The highest BCUT2D eigenvalue weighted by Crippen LogP contribution is 2.35. The number of carboxylic acids is 1. The molecule has 1 N–H and O–H groups in total. The molecule has 0 aliphatic heterocycles. The molecule has 25 heavy (non-hydrogen) atoms. The van der Waals surface area contributed by atoms with Gasteiger partial charge in [0, 0.05) is 12.6 Å². The Kier molecular flexibility index (Phi) is 4.67. The number of benzene rings is 2. The average molecular weight is 359 g/mol. The fourth-order valence-electron chi connectivity index (χ4n) is 3.00. The Balaban J connectivity index is 2.04. The van der Waals surface area contributed by atoms with Crippen LogP contribution in [0.15, 0.2) is 47.4 Å². The van der Waals surface area contributed by atoms with Crippen molar-refractivity contribution in [2.24, 2.45) is 0 Å². The number of carboxylic acid groups (broad SMARTS) is 1. The zero-order valence-corrected chi connectivity index (χ0v) is 15.1. The van der Waals surface area contributed by atoms with Crippen molar-refractivity contribution >= 4 is 16.0 Å². The van der Waals surface area contributed by atoms with E-state index in [1.807, 2.05) is 30.3 Å². The Morgan fingerprint density at radius 3 is 2.32 bits per heavy atom. The normalized spacial score (nSPS) is 14.7. The van der Waals surface area contributed by atoms with Crippen molar-refractivity contribution in [3.8, 4) is 0 Å². The molecule has 0 bridgehead atoms. The van der Waals surface area contributed by atoms with Gasteiger partial charge in [0.05, 0.1) is 10.5 Å². The van der Waals surface area contributed by atoms with E-state index in [1.54, 1.807) is 19.9 Å². The molecule has 0 radical (unpaired) electrons. The molecular weight excluding hydrogens is 338 g/mol. The molecule has 1 aliphatic carbocycles. The molecule has 2 aromatic rings. The summed E-state index contributed by atoms with van der Waals surface area (Å²) in [5, 5.41) is 9.33. The van der Waals surface area contributed by atoms with Gasteiger partial charge in [-0.1, -0.05) is 36.4 Å². The lowest BCUT2D eigenvalue weighted by atomic mass is 10.1. The fourth-order valence-corrected chi connectivity index (χ4v) is 4.91. The van der Waals surface area contributed by atoms with Crippen molar-refractivity contribution in [2.45, 2.75) is 44.2 Å². The molecule has 0 atom stereocenters. The minimum atomic E-state index is -3.77. The van der Waals surface area contributed by atoms with E-state index in [2.05, 4.69) is 0 Å². The molecule has 1 saturated carbocycles. The maximum Gasteiger partial charge on any atom is 0.335 e. The molecule has 0 unspecified atom stereocenters. The van der Waals surface area contributed by atoms with Crippen molar-refractivity contribution in [3.63, 3.8) is 0 Å². The first kappa shape index (κ1) is 17.6. The molecular formula is C19H21NO4S. The topological polar surface area (TPSA) is 74.7 Å². The Morgan fingerprint density at radius 2 is 1.76 bits per heavy atom. The van der Waals surface area contributed by atoms with Gasteiger partial charge in [-0.25, -0.2) is 13.2 Å². The van der Waals surface area contributed by atoms with Crippen LogP contribution in [0.25, 0.3) is 0 Å². The minimum Gasteiger partial charge on any atom is -0.478 e. The van der Waals surface area contributed by atoms with Crippen LogP contribution in [0.2, 0.25) is 0 Å². The van der Waals surface area contributed by atoms with E-state index in [4.69, 9.17) is 0 Å². The highest BCUT2D eigenvalue weighted by atomic mass is 32.2. The molecule has 2 aromatic carbocycles. The number of nitrogens with zero attached hydrogens (tertiary/aromatic N) is 1.